The van der Waals surface area contributed by atoms with Crippen LogP contribution < -0.4 is 0 Å². The van der Waals surface area contributed by atoms with Crippen LogP contribution in [0.2, 0.25) is 0 Å². The lowest BCUT2D eigenvalue weighted by molar-refractivity contribution is 0.156. The van der Waals surface area contributed by atoms with Crippen LogP contribution in [0.4, 0.5) is 4.39 Å². The first-order valence-electron chi connectivity index (χ1n) is 6.74. The Bertz CT molecular complexity index is 188. The van der Waals surface area contributed by atoms with Crippen LogP contribution in [0.3, 0.4) is 0 Å². The summed E-state index contributed by atoms with van der Waals surface area (Å²) in [5.74, 6) is 0.552. The zero-order chi connectivity index (χ0) is 12.6. The van der Waals surface area contributed by atoms with E-state index in [0.29, 0.717) is 12.3 Å². The van der Waals surface area contributed by atoms with E-state index in [0.717, 1.165) is 32.1 Å². The maximum Gasteiger partial charge on any atom is 0.100 e. The highest BCUT2D eigenvalue weighted by Gasteiger charge is 2.26. The fourth-order valence-corrected chi connectivity index (χ4v) is 2.31. The van der Waals surface area contributed by atoms with Gasteiger partial charge in [-0.2, -0.15) is 0 Å². The predicted molar refractivity (Wildman–Crippen MR) is 71.4 cm³/mol. The normalized spacial score (nSPS) is 18.8. The third-order valence-electron chi connectivity index (χ3n) is 3.62. The molecule has 0 aromatic carbocycles. The third-order valence-corrected chi connectivity index (χ3v) is 3.62. The minimum atomic E-state index is -0.629. The number of halogens is 1. The first-order chi connectivity index (χ1) is 7.47. The first kappa shape index (κ1) is 15.7. The SMILES string of the molecule is C=C[C@@H](C)CC[C@@](C)(CCC)C[C@H](F)CC. The van der Waals surface area contributed by atoms with Crippen molar-refractivity contribution in [1.82, 2.24) is 0 Å². The highest BCUT2D eigenvalue weighted by atomic mass is 19.1. The zero-order valence-electron chi connectivity index (χ0n) is 11.6. The van der Waals surface area contributed by atoms with Gasteiger partial charge in [-0.3, -0.25) is 0 Å². The fourth-order valence-electron chi connectivity index (χ4n) is 2.31. The molecule has 1 heteroatoms. The van der Waals surface area contributed by atoms with E-state index in [-0.39, 0.29) is 5.41 Å². The van der Waals surface area contributed by atoms with E-state index in [4.69, 9.17) is 0 Å². The van der Waals surface area contributed by atoms with Gasteiger partial charge in [0.2, 0.25) is 0 Å². The van der Waals surface area contributed by atoms with Crippen LogP contribution in [0.15, 0.2) is 12.7 Å². The molecule has 0 radical (unpaired) electrons. The highest BCUT2D eigenvalue weighted by molar-refractivity contribution is 4.82. The summed E-state index contributed by atoms with van der Waals surface area (Å²) in [5, 5.41) is 0. The minimum Gasteiger partial charge on any atom is -0.247 e. The van der Waals surface area contributed by atoms with Gasteiger partial charge in [-0.1, -0.05) is 40.2 Å². The van der Waals surface area contributed by atoms with Gasteiger partial charge in [0, 0.05) is 0 Å². The average molecular weight is 228 g/mol. The zero-order valence-corrected chi connectivity index (χ0v) is 11.6. The smallest absolute Gasteiger partial charge is 0.100 e. The van der Waals surface area contributed by atoms with Crippen LogP contribution in [0.25, 0.3) is 0 Å². The Morgan fingerprint density at radius 2 is 1.94 bits per heavy atom. The van der Waals surface area contributed by atoms with Gasteiger partial charge in [-0.25, -0.2) is 4.39 Å². The summed E-state index contributed by atoms with van der Waals surface area (Å²) >= 11 is 0. The van der Waals surface area contributed by atoms with Crippen LogP contribution in [-0.4, -0.2) is 6.17 Å². The van der Waals surface area contributed by atoms with E-state index in [1.807, 2.05) is 13.0 Å². The molecular formula is C15H29F. The Kier molecular flexibility index (Phi) is 7.70. The predicted octanol–water partition coefficient (Wildman–Crippen LogP) is 5.53. The van der Waals surface area contributed by atoms with Gasteiger partial charge in [0.25, 0.3) is 0 Å². The molecule has 0 N–H and O–H groups in total. The van der Waals surface area contributed by atoms with E-state index >= 15 is 0 Å². The molecule has 0 amide bonds. The molecule has 0 spiro atoms. The topological polar surface area (TPSA) is 0 Å². The molecule has 0 aromatic heterocycles. The second-order valence-electron chi connectivity index (χ2n) is 5.52. The lowest BCUT2D eigenvalue weighted by Crippen LogP contribution is -2.22. The number of hydrogen-bond acceptors (Lipinski definition) is 0. The number of allylic oxidation sites excluding steroid dienone is 1. The lowest BCUT2D eigenvalue weighted by Gasteiger charge is -2.31. The summed E-state index contributed by atoms with van der Waals surface area (Å²) in [6, 6.07) is 0. The second kappa shape index (κ2) is 7.86. The standard InChI is InChI=1S/C15H29F/c1-6-10-15(5,12-14(16)8-3)11-9-13(4)7-2/h7,13-14H,2,6,8-12H2,1,3-5H3/t13-,14-,15-/m1/s1. The van der Waals surface area contributed by atoms with E-state index < -0.39 is 6.17 Å². The van der Waals surface area contributed by atoms with E-state index in [1.54, 1.807) is 0 Å². The maximum atomic E-state index is 13.5. The van der Waals surface area contributed by atoms with Gasteiger partial charge in [0.15, 0.2) is 0 Å². The molecule has 0 aliphatic heterocycles. The summed E-state index contributed by atoms with van der Waals surface area (Å²) in [4.78, 5) is 0. The Morgan fingerprint density at radius 3 is 2.38 bits per heavy atom. The summed E-state index contributed by atoms with van der Waals surface area (Å²) in [7, 11) is 0. The van der Waals surface area contributed by atoms with Gasteiger partial charge in [-0.15, -0.1) is 6.58 Å². The van der Waals surface area contributed by atoms with Crippen LogP contribution in [-0.2, 0) is 0 Å². The number of alkyl halides is 1. The van der Waals surface area contributed by atoms with Gasteiger partial charge >= 0.3 is 0 Å². The Hall–Kier alpha value is -0.330. The summed E-state index contributed by atoms with van der Waals surface area (Å²) in [6.07, 6.45) is 7.28. The molecule has 0 fully saturated rings. The molecule has 0 saturated carbocycles. The molecule has 0 heterocycles. The van der Waals surface area contributed by atoms with Crippen LogP contribution in [0.1, 0.15) is 66.2 Å². The average Bonchev–Trinajstić information content (AvgIpc) is 2.26. The van der Waals surface area contributed by atoms with Gasteiger partial charge in [-0.05, 0) is 43.4 Å². The molecule has 0 saturated heterocycles. The summed E-state index contributed by atoms with van der Waals surface area (Å²) in [6.45, 7) is 12.4. The monoisotopic (exact) mass is 228 g/mol. The van der Waals surface area contributed by atoms with Gasteiger partial charge < -0.3 is 0 Å². The van der Waals surface area contributed by atoms with Crippen molar-refractivity contribution in [2.45, 2.75) is 72.4 Å². The quantitative estimate of drug-likeness (QED) is 0.455. The molecule has 0 aliphatic carbocycles. The molecule has 16 heavy (non-hydrogen) atoms. The van der Waals surface area contributed by atoms with Crippen LogP contribution >= 0.6 is 0 Å². The molecule has 0 bridgehead atoms. The Morgan fingerprint density at radius 1 is 1.31 bits per heavy atom. The molecule has 0 rings (SSSR count). The first-order valence-corrected chi connectivity index (χ1v) is 6.74. The summed E-state index contributed by atoms with van der Waals surface area (Å²) in [5.41, 5.74) is 0.182. The highest BCUT2D eigenvalue weighted by Crippen LogP contribution is 2.37. The van der Waals surface area contributed by atoms with E-state index in [9.17, 15) is 4.39 Å². The number of rotatable bonds is 9. The van der Waals surface area contributed by atoms with Crippen molar-refractivity contribution in [1.29, 1.82) is 0 Å². The maximum absolute atomic E-state index is 13.5. The van der Waals surface area contributed by atoms with Gasteiger partial charge in [0.05, 0.1) is 0 Å². The van der Waals surface area contributed by atoms with Crippen molar-refractivity contribution >= 4 is 0 Å². The van der Waals surface area contributed by atoms with Crippen molar-refractivity contribution in [2.24, 2.45) is 11.3 Å². The van der Waals surface area contributed by atoms with Crippen molar-refractivity contribution < 1.29 is 4.39 Å². The molecule has 0 nitrogen and oxygen atoms in total. The van der Waals surface area contributed by atoms with Crippen LogP contribution in [0, 0.1) is 11.3 Å². The van der Waals surface area contributed by atoms with Crippen molar-refractivity contribution in [3.05, 3.63) is 12.7 Å². The number of hydrogen-bond donors (Lipinski definition) is 0. The van der Waals surface area contributed by atoms with Crippen molar-refractivity contribution in [3.63, 3.8) is 0 Å². The molecule has 0 aromatic rings. The Balaban J connectivity index is 4.25. The minimum absolute atomic E-state index is 0.182. The van der Waals surface area contributed by atoms with E-state index in [2.05, 4.69) is 27.4 Å². The fraction of sp³-hybridized carbons (Fsp3) is 0.867. The largest absolute Gasteiger partial charge is 0.247 e. The Labute approximate surface area is 101 Å². The molecular weight excluding hydrogens is 199 g/mol. The van der Waals surface area contributed by atoms with Crippen molar-refractivity contribution in [2.75, 3.05) is 0 Å². The lowest BCUT2D eigenvalue weighted by atomic mass is 9.75. The molecule has 96 valence electrons. The van der Waals surface area contributed by atoms with Crippen molar-refractivity contribution in [3.8, 4) is 0 Å². The molecule has 0 aliphatic rings. The van der Waals surface area contributed by atoms with E-state index in [1.165, 1.54) is 0 Å². The molecule has 3 atom stereocenters. The van der Waals surface area contributed by atoms with Crippen LogP contribution in [0.5, 0.6) is 0 Å². The second-order valence-corrected chi connectivity index (χ2v) is 5.52. The molecule has 0 unspecified atom stereocenters. The van der Waals surface area contributed by atoms with Gasteiger partial charge in [0.1, 0.15) is 6.17 Å². The summed E-state index contributed by atoms with van der Waals surface area (Å²) < 4.78 is 13.5. The third kappa shape index (κ3) is 6.30.